The topological polar surface area (TPSA) is 24.1 Å². The lowest BCUT2D eigenvalue weighted by atomic mass is 10.1. The van der Waals surface area contributed by atoms with Crippen LogP contribution in [0, 0.1) is 5.92 Å². The molecule has 0 aliphatic carbocycles. The van der Waals surface area contributed by atoms with Gasteiger partial charge in [-0.2, -0.15) is 0 Å². The molecule has 0 heterocycles. The lowest BCUT2D eigenvalue weighted by Crippen LogP contribution is -2.32. The van der Waals surface area contributed by atoms with Gasteiger partial charge in [-0.3, -0.25) is 0 Å². The molecule has 0 aliphatic rings. The second-order valence-electron chi connectivity index (χ2n) is 5.63. The van der Waals surface area contributed by atoms with Crippen molar-refractivity contribution in [3.05, 3.63) is 35.6 Å². The number of halogens is 1. The summed E-state index contributed by atoms with van der Waals surface area (Å²) in [7, 11) is 0. The summed E-state index contributed by atoms with van der Waals surface area (Å²) in [4.78, 5) is 1.11. The standard InChI is InChI=1S/C14H21ClN2S.C4H10/c1-9(2)10(3)16-11(4)17-13-7-6-12(15)8-14(13)18-5;1-3-4-2/h6-10,16-17H,4H2,1-3,5H3;3-4H2,1-2H3. The minimum Gasteiger partial charge on any atom is -0.369 e. The highest BCUT2D eigenvalue weighted by molar-refractivity contribution is 7.98. The van der Waals surface area contributed by atoms with Crippen LogP contribution in [0.1, 0.15) is 47.5 Å². The van der Waals surface area contributed by atoms with Crippen molar-refractivity contribution < 1.29 is 0 Å². The van der Waals surface area contributed by atoms with E-state index in [0.29, 0.717) is 12.0 Å². The van der Waals surface area contributed by atoms with Gasteiger partial charge in [0.05, 0.1) is 11.5 Å². The van der Waals surface area contributed by atoms with Crippen LogP contribution in [-0.2, 0) is 0 Å². The van der Waals surface area contributed by atoms with Crippen LogP contribution in [-0.4, -0.2) is 12.3 Å². The van der Waals surface area contributed by atoms with Gasteiger partial charge in [-0.15, -0.1) is 11.8 Å². The minimum atomic E-state index is 0.384. The van der Waals surface area contributed by atoms with E-state index in [9.17, 15) is 0 Å². The van der Waals surface area contributed by atoms with E-state index < -0.39 is 0 Å². The van der Waals surface area contributed by atoms with E-state index in [1.807, 2.05) is 24.5 Å². The summed E-state index contributed by atoms with van der Waals surface area (Å²) in [5, 5.41) is 7.38. The van der Waals surface area contributed by atoms with Crippen molar-refractivity contribution in [3.63, 3.8) is 0 Å². The second kappa shape index (κ2) is 11.7. The van der Waals surface area contributed by atoms with Gasteiger partial charge in [0.25, 0.3) is 0 Å². The van der Waals surface area contributed by atoms with E-state index in [0.717, 1.165) is 21.4 Å². The Morgan fingerprint density at radius 2 is 1.82 bits per heavy atom. The Labute approximate surface area is 146 Å². The summed E-state index contributed by atoms with van der Waals surface area (Å²) < 4.78 is 0. The highest BCUT2D eigenvalue weighted by Gasteiger charge is 2.08. The van der Waals surface area contributed by atoms with Crippen LogP contribution >= 0.6 is 23.4 Å². The van der Waals surface area contributed by atoms with E-state index in [4.69, 9.17) is 11.6 Å². The zero-order valence-electron chi connectivity index (χ0n) is 14.8. The van der Waals surface area contributed by atoms with Crippen molar-refractivity contribution in [1.29, 1.82) is 0 Å². The molecule has 4 heteroatoms. The van der Waals surface area contributed by atoms with Gasteiger partial charge in [-0.1, -0.05) is 58.7 Å². The predicted octanol–water partition coefficient (Wildman–Crippen LogP) is 6.39. The van der Waals surface area contributed by atoms with Crippen LogP contribution < -0.4 is 10.6 Å². The Morgan fingerprint density at radius 3 is 2.27 bits per heavy atom. The number of benzene rings is 1. The number of nitrogens with one attached hydrogen (secondary N) is 2. The van der Waals surface area contributed by atoms with Crippen LogP contribution in [0.5, 0.6) is 0 Å². The number of hydrogen-bond donors (Lipinski definition) is 2. The molecule has 2 nitrogen and oxygen atoms in total. The van der Waals surface area contributed by atoms with Crippen molar-refractivity contribution in [2.75, 3.05) is 11.6 Å². The number of thioether (sulfide) groups is 1. The molecule has 1 rings (SSSR count). The van der Waals surface area contributed by atoms with Gasteiger partial charge in [-0.25, -0.2) is 0 Å². The van der Waals surface area contributed by atoms with Gasteiger partial charge in [0, 0.05) is 16.0 Å². The molecule has 0 fully saturated rings. The van der Waals surface area contributed by atoms with E-state index in [1.165, 1.54) is 12.8 Å². The largest absolute Gasteiger partial charge is 0.369 e. The summed E-state index contributed by atoms with van der Waals surface area (Å²) in [5.74, 6) is 1.38. The Morgan fingerprint density at radius 1 is 1.23 bits per heavy atom. The maximum atomic E-state index is 5.98. The molecule has 0 saturated carbocycles. The zero-order valence-corrected chi connectivity index (χ0v) is 16.4. The van der Waals surface area contributed by atoms with E-state index >= 15 is 0 Å². The Hall–Kier alpha value is -0.800. The first-order chi connectivity index (χ1) is 10.3. The van der Waals surface area contributed by atoms with Gasteiger partial charge < -0.3 is 10.6 Å². The SMILES string of the molecule is C=C(Nc1ccc(Cl)cc1SC)NC(C)C(C)C.CCCC. The molecule has 1 aromatic carbocycles. The van der Waals surface area contributed by atoms with E-state index in [1.54, 1.807) is 11.8 Å². The lowest BCUT2D eigenvalue weighted by Gasteiger charge is -2.22. The number of rotatable bonds is 7. The number of hydrogen-bond acceptors (Lipinski definition) is 3. The number of unbranched alkanes of at least 4 members (excludes halogenated alkanes) is 1. The Bertz CT molecular complexity index is 445. The summed E-state index contributed by atoms with van der Waals surface area (Å²) in [5.41, 5.74) is 1.03. The first kappa shape index (κ1) is 21.2. The van der Waals surface area contributed by atoms with E-state index in [-0.39, 0.29) is 0 Å². The maximum absolute atomic E-state index is 5.98. The fourth-order valence-electron chi connectivity index (χ4n) is 1.41. The van der Waals surface area contributed by atoms with Crippen molar-refractivity contribution in [2.24, 2.45) is 5.92 Å². The zero-order chi connectivity index (χ0) is 17.1. The smallest absolute Gasteiger partial charge is 0.0959 e. The Kier molecular flexibility index (Phi) is 11.3. The third-order valence-electron chi connectivity index (χ3n) is 3.35. The quantitative estimate of drug-likeness (QED) is 0.562. The summed E-state index contributed by atoms with van der Waals surface area (Å²) in [6.45, 7) is 14.9. The molecule has 1 aromatic rings. The molecule has 1 unspecified atom stereocenters. The number of anilines is 1. The van der Waals surface area contributed by atoms with Crippen molar-refractivity contribution in [1.82, 2.24) is 5.32 Å². The average molecular weight is 343 g/mol. The van der Waals surface area contributed by atoms with Gasteiger partial charge in [0.15, 0.2) is 0 Å². The van der Waals surface area contributed by atoms with Gasteiger partial charge in [0.1, 0.15) is 0 Å². The molecule has 0 bridgehead atoms. The first-order valence-corrected chi connectivity index (χ1v) is 9.51. The van der Waals surface area contributed by atoms with E-state index in [2.05, 4.69) is 51.8 Å². The minimum absolute atomic E-state index is 0.384. The third-order valence-corrected chi connectivity index (χ3v) is 4.36. The van der Waals surface area contributed by atoms with Gasteiger partial charge in [0.2, 0.25) is 0 Å². The van der Waals surface area contributed by atoms with Gasteiger partial charge in [-0.05, 0) is 37.3 Å². The van der Waals surface area contributed by atoms with Crippen molar-refractivity contribution in [3.8, 4) is 0 Å². The van der Waals surface area contributed by atoms with Crippen molar-refractivity contribution >= 4 is 29.1 Å². The first-order valence-electron chi connectivity index (χ1n) is 7.91. The second-order valence-corrected chi connectivity index (χ2v) is 6.91. The van der Waals surface area contributed by atoms with Crippen LogP contribution in [0.15, 0.2) is 35.5 Å². The molecule has 0 aliphatic heterocycles. The monoisotopic (exact) mass is 342 g/mol. The maximum Gasteiger partial charge on any atom is 0.0959 e. The average Bonchev–Trinajstić information content (AvgIpc) is 2.49. The molecule has 0 radical (unpaired) electrons. The molecule has 126 valence electrons. The molecular formula is C18H31ClN2S. The molecule has 0 amide bonds. The van der Waals surface area contributed by atoms with Crippen LogP contribution in [0.2, 0.25) is 5.02 Å². The van der Waals surface area contributed by atoms with Crippen LogP contribution in [0.25, 0.3) is 0 Å². The van der Waals surface area contributed by atoms with Crippen LogP contribution in [0.4, 0.5) is 5.69 Å². The summed E-state index contributed by atoms with van der Waals surface area (Å²) in [6.07, 6.45) is 4.67. The molecule has 0 saturated heterocycles. The van der Waals surface area contributed by atoms with Crippen LogP contribution in [0.3, 0.4) is 0 Å². The highest BCUT2D eigenvalue weighted by Crippen LogP contribution is 2.29. The summed E-state index contributed by atoms with van der Waals surface area (Å²) in [6, 6.07) is 6.19. The fraction of sp³-hybridized carbons (Fsp3) is 0.556. The molecule has 2 N–H and O–H groups in total. The lowest BCUT2D eigenvalue weighted by molar-refractivity contribution is 0.463. The highest BCUT2D eigenvalue weighted by atomic mass is 35.5. The summed E-state index contributed by atoms with van der Waals surface area (Å²) >= 11 is 7.64. The fourth-order valence-corrected chi connectivity index (χ4v) is 2.23. The molecule has 0 aromatic heterocycles. The predicted molar refractivity (Wildman–Crippen MR) is 104 cm³/mol. The molecule has 1 atom stereocenters. The normalized spacial score (nSPS) is 11.5. The third kappa shape index (κ3) is 8.60. The molecule has 0 spiro atoms. The van der Waals surface area contributed by atoms with Crippen molar-refractivity contribution in [2.45, 2.75) is 58.4 Å². The Balaban J connectivity index is 0.000000980. The molecular weight excluding hydrogens is 312 g/mol. The van der Waals surface area contributed by atoms with Gasteiger partial charge >= 0.3 is 0 Å². The molecule has 22 heavy (non-hydrogen) atoms.